The first-order valence-electron chi connectivity index (χ1n) is 6.63. The van der Waals surface area contributed by atoms with Gasteiger partial charge < -0.3 is 5.32 Å². The molecule has 2 rings (SSSR count). The number of aryl methyl sites for hydroxylation is 1. The molecule has 0 aliphatic carbocycles. The van der Waals surface area contributed by atoms with E-state index in [0.29, 0.717) is 11.4 Å². The summed E-state index contributed by atoms with van der Waals surface area (Å²) in [5.74, 6) is -0.618. The van der Waals surface area contributed by atoms with E-state index in [9.17, 15) is 8.78 Å². The Morgan fingerprint density at radius 2 is 1.85 bits per heavy atom. The van der Waals surface area contributed by atoms with Gasteiger partial charge in [0.1, 0.15) is 5.82 Å². The summed E-state index contributed by atoms with van der Waals surface area (Å²) >= 11 is 0. The SMILES string of the molecule is CCNc1nc(-c2ccc(F)c(F)c2)nc(C)c1CC. The molecule has 5 heteroatoms. The minimum atomic E-state index is -0.895. The number of benzene rings is 1. The first-order chi connectivity index (χ1) is 9.56. The van der Waals surface area contributed by atoms with Gasteiger partial charge >= 0.3 is 0 Å². The number of halogens is 2. The summed E-state index contributed by atoms with van der Waals surface area (Å²) in [5.41, 5.74) is 2.35. The van der Waals surface area contributed by atoms with Gasteiger partial charge in [0.05, 0.1) is 0 Å². The summed E-state index contributed by atoms with van der Waals surface area (Å²) in [6, 6.07) is 3.68. The van der Waals surface area contributed by atoms with Gasteiger partial charge in [-0.1, -0.05) is 6.92 Å². The van der Waals surface area contributed by atoms with Crippen molar-refractivity contribution in [3.63, 3.8) is 0 Å². The summed E-state index contributed by atoms with van der Waals surface area (Å²) in [6.07, 6.45) is 0.812. The molecule has 1 aromatic carbocycles. The highest BCUT2D eigenvalue weighted by atomic mass is 19.2. The van der Waals surface area contributed by atoms with Gasteiger partial charge in [0, 0.05) is 23.4 Å². The van der Waals surface area contributed by atoms with E-state index >= 15 is 0 Å². The molecule has 0 atom stereocenters. The summed E-state index contributed by atoms with van der Waals surface area (Å²) in [7, 11) is 0. The standard InChI is InChI=1S/C15H17F2N3/c1-4-11-9(3)19-14(20-15(11)18-5-2)10-6-7-12(16)13(17)8-10/h6-8H,4-5H2,1-3H3,(H,18,19,20). The van der Waals surface area contributed by atoms with Crippen molar-refractivity contribution < 1.29 is 8.78 Å². The van der Waals surface area contributed by atoms with Crippen LogP contribution in [0.1, 0.15) is 25.1 Å². The molecule has 106 valence electrons. The van der Waals surface area contributed by atoms with Crippen molar-refractivity contribution in [2.75, 3.05) is 11.9 Å². The van der Waals surface area contributed by atoms with Gasteiger partial charge in [-0.05, 0) is 38.5 Å². The summed E-state index contributed by atoms with van der Waals surface area (Å²) in [4.78, 5) is 8.81. The Morgan fingerprint density at radius 1 is 1.10 bits per heavy atom. The Bertz CT molecular complexity index is 627. The van der Waals surface area contributed by atoms with Gasteiger partial charge in [0.15, 0.2) is 17.5 Å². The van der Waals surface area contributed by atoms with E-state index < -0.39 is 11.6 Å². The van der Waals surface area contributed by atoms with Crippen molar-refractivity contribution >= 4 is 5.82 Å². The average Bonchev–Trinajstić information content (AvgIpc) is 2.42. The van der Waals surface area contributed by atoms with Gasteiger partial charge in [-0.3, -0.25) is 0 Å². The molecule has 0 amide bonds. The Labute approximate surface area is 117 Å². The first kappa shape index (κ1) is 14.4. The van der Waals surface area contributed by atoms with Crippen LogP contribution in [0, 0.1) is 18.6 Å². The van der Waals surface area contributed by atoms with Gasteiger partial charge in [0.25, 0.3) is 0 Å². The lowest BCUT2D eigenvalue weighted by atomic mass is 10.1. The smallest absolute Gasteiger partial charge is 0.161 e. The van der Waals surface area contributed by atoms with Gasteiger partial charge in [0.2, 0.25) is 0 Å². The predicted octanol–water partition coefficient (Wildman–Crippen LogP) is 3.72. The molecule has 3 nitrogen and oxygen atoms in total. The molecule has 0 unspecified atom stereocenters. The maximum absolute atomic E-state index is 13.3. The van der Waals surface area contributed by atoms with Crippen LogP contribution < -0.4 is 5.32 Å². The Kier molecular flexibility index (Phi) is 4.27. The van der Waals surface area contributed by atoms with Crippen molar-refractivity contribution in [3.8, 4) is 11.4 Å². The second-order valence-corrected chi connectivity index (χ2v) is 4.47. The molecular formula is C15H17F2N3. The Morgan fingerprint density at radius 3 is 2.45 bits per heavy atom. The molecule has 1 N–H and O–H groups in total. The normalized spacial score (nSPS) is 10.7. The van der Waals surface area contributed by atoms with E-state index in [4.69, 9.17) is 0 Å². The van der Waals surface area contributed by atoms with Crippen molar-refractivity contribution in [3.05, 3.63) is 41.1 Å². The fourth-order valence-corrected chi connectivity index (χ4v) is 2.10. The van der Waals surface area contributed by atoms with Crippen molar-refractivity contribution in [1.29, 1.82) is 0 Å². The van der Waals surface area contributed by atoms with Crippen LogP contribution in [0.5, 0.6) is 0 Å². The number of rotatable bonds is 4. The molecule has 1 aromatic heterocycles. The number of hydrogen-bond acceptors (Lipinski definition) is 3. The monoisotopic (exact) mass is 277 g/mol. The zero-order chi connectivity index (χ0) is 14.7. The van der Waals surface area contributed by atoms with E-state index in [1.165, 1.54) is 6.07 Å². The number of nitrogens with zero attached hydrogens (tertiary/aromatic N) is 2. The third-order valence-corrected chi connectivity index (χ3v) is 3.09. The second-order valence-electron chi connectivity index (χ2n) is 4.47. The lowest BCUT2D eigenvalue weighted by Crippen LogP contribution is -2.08. The van der Waals surface area contributed by atoms with Crippen molar-refractivity contribution in [2.45, 2.75) is 27.2 Å². The van der Waals surface area contributed by atoms with Crippen molar-refractivity contribution in [2.24, 2.45) is 0 Å². The molecule has 0 aliphatic heterocycles. The highest BCUT2D eigenvalue weighted by molar-refractivity contribution is 5.60. The molecule has 2 aromatic rings. The van der Waals surface area contributed by atoms with Crippen molar-refractivity contribution in [1.82, 2.24) is 9.97 Å². The summed E-state index contributed by atoms with van der Waals surface area (Å²) in [6.45, 7) is 6.64. The average molecular weight is 277 g/mol. The van der Waals surface area contributed by atoms with Gasteiger partial charge in [-0.15, -0.1) is 0 Å². The third kappa shape index (κ3) is 2.76. The van der Waals surface area contributed by atoms with Crippen LogP contribution in [0.25, 0.3) is 11.4 Å². The number of anilines is 1. The number of nitrogens with one attached hydrogen (secondary N) is 1. The molecule has 0 spiro atoms. The highest BCUT2D eigenvalue weighted by Gasteiger charge is 2.12. The van der Waals surface area contributed by atoms with Crippen LogP contribution in [-0.2, 0) is 6.42 Å². The Balaban J connectivity index is 2.54. The van der Waals surface area contributed by atoms with E-state index in [2.05, 4.69) is 15.3 Å². The lowest BCUT2D eigenvalue weighted by molar-refractivity contribution is 0.509. The molecule has 0 aliphatic rings. The van der Waals surface area contributed by atoms with Crippen LogP contribution in [0.3, 0.4) is 0 Å². The maximum atomic E-state index is 13.3. The lowest BCUT2D eigenvalue weighted by Gasteiger charge is -2.13. The van der Waals surface area contributed by atoms with Gasteiger partial charge in [-0.2, -0.15) is 0 Å². The number of hydrogen-bond donors (Lipinski definition) is 1. The number of aromatic nitrogens is 2. The molecular weight excluding hydrogens is 260 g/mol. The van der Waals surface area contributed by atoms with E-state index in [0.717, 1.165) is 42.2 Å². The zero-order valence-electron chi connectivity index (χ0n) is 11.8. The quantitative estimate of drug-likeness (QED) is 0.925. The minimum absolute atomic E-state index is 0.398. The second kappa shape index (κ2) is 5.94. The van der Waals surface area contributed by atoms with Crippen LogP contribution >= 0.6 is 0 Å². The van der Waals surface area contributed by atoms with E-state index in [1.807, 2.05) is 20.8 Å². The van der Waals surface area contributed by atoms with Gasteiger partial charge in [-0.25, -0.2) is 18.7 Å². The first-order valence-corrected chi connectivity index (χ1v) is 6.63. The van der Waals surface area contributed by atoms with Crippen LogP contribution in [-0.4, -0.2) is 16.5 Å². The molecule has 0 radical (unpaired) electrons. The van der Waals surface area contributed by atoms with E-state index in [-0.39, 0.29) is 0 Å². The highest BCUT2D eigenvalue weighted by Crippen LogP contribution is 2.23. The molecule has 0 saturated carbocycles. The van der Waals surface area contributed by atoms with E-state index in [1.54, 1.807) is 0 Å². The summed E-state index contributed by atoms with van der Waals surface area (Å²) < 4.78 is 26.3. The van der Waals surface area contributed by atoms with Crippen LogP contribution in [0.15, 0.2) is 18.2 Å². The third-order valence-electron chi connectivity index (χ3n) is 3.09. The Hall–Kier alpha value is -2.04. The predicted molar refractivity (Wildman–Crippen MR) is 75.7 cm³/mol. The molecule has 1 heterocycles. The zero-order valence-corrected chi connectivity index (χ0v) is 11.8. The fraction of sp³-hybridized carbons (Fsp3) is 0.333. The summed E-state index contributed by atoms with van der Waals surface area (Å²) in [5, 5.41) is 3.19. The van der Waals surface area contributed by atoms with Crippen LogP contribution in [0.2, 0.25) is 0 Å². The molecule has 20 heavy (non-hydrogen) atoms. The minimum Gasteiger partial charge on any atom is -0.370 e. The maximum Gasteiger partial charge on any atom is 0.161 e. The molecule has 0 fully saturated rings. The van der Waals surface area contributed by atoms with Crippen LogP contribution in [0.4, 0.5) is 14.6 Å². The molecule has 0 saturated heterocycles. The largest absolute Gasteiger partial charge is 0.370 e. The molecule has 0 bridgehead atoms. The topological polar surface area (TPSA) is 37.8 Å². The fourth-order valence-electron chi connectivity index (χ4n) is 2.10.